The minimum Gasteiger partial charge on any atom is -0.316 e. The topological polar surface area (TPSA) is 12.0 Å². The summed E-state index contributed by atoms with van der Waals surface area (Å²) >= 11 is 1.99. The average Bonchev–Trinajstić information content (AvgIpc) is 2.38. The third-order valence-electron chi connectivity index (χ3n) is 2.93. The first-order chi connectivity index (χ1) is 5.21. The normalized spacial score (nSPS) is 31.6. The van der Waals surface area contributed by atoms with E-state index in [0.29, 0.717) is 5.41 Å². The Kier molecular flexibility index (Phi) is 3.26. The Morgan fingerprint density at radius 1 is 1.55 bits per heavy atom. The van der Waals surface area contributed by atoms with Gasteiger partial charge in [0.1, 0.15) is 0 Å². The molecule has 0 aliphatic carbocycles. The highest BCUT2D eigenvalue weighted by Gasteiger charge is 2.35. The highest BCUT2D eigenvalue weighted by molar-refractivity contribution is 7.98. The second-order valence-electron chi connectivity index (χ2n) is 3.88. The molecule has 1 fully saturated rings. The van der Waals surface area contributed by atoms with Gasteiger partial charge in [-0.2, -0.15) is 11.8 Å². The molecule has 11 heavy (non-hydrogen) atoms. The molecular weight excluding hydrogens is 154 g/mol. The van der Waals surface area contributed by atoms with E-state index >= 15 is 0 Å². The zero-order valence-electron chi connectivity index (χ0n) is 7.81. The molecule has 1 N–H and O–H groups in total. The molecule has 1 aliphatic heterocycles. The van der Waals surface area contributed by atoms with Crippen LogP contribution in [0, 0.1) is 11.3 Å². The number of nitrogens with one attached hydrogen (secondary N) is 1. The standard InChI is InChI=1S/C9H19NS/c1-8(2)9(7-11-3)4-5-10-6-9/h8,10H,4-7H2,1-3H3. The van der Waals surface area contributed by atoms with E-state index in [0.717, 1.165) is 5.92 Å². The Morgan fingerprint density at radius 3 is 2.64 bits per heavy atom. The predicted molar refractivity (Wildman–Crippen MR) is 53.1 cm³/mol. The molecule has 1 heterocycles. The molecule has 1 atom stereocenters. The molecule has 0 bridgehead atoms. The average molecular weight is 173 g/mol. The maximum absolute atomic E-state index is 3.47. The third-order valence-corrected chi connectivity index (χ3v) is 3.80. The van der Waals surface area contributed by atoms with Crippen molar-refractivity contribution >= 4 is 11.8 Å². The summed E-state index contributed by atoms with van der Waals surface area (Å²) in [6.07, 6.45) is 3.58. The molecule has 0 aromatic carbocycles. The lowest BCUT2D eigenvalue weighted by molar-refractivity contribution is 0.257. The van der Waals surface area contributed by atoms with Crippen LogP contribution < -0.4 is 5.32 Å². The molecule has 1 saturated heterocycles. The number of thioether (sulfide) groups is 1. The van der Waals surface area contributed by atoms with Gasteiger partial charge < -0.3 is 5.32 Å². The first-order valence-corrected chi connectivity index (χ1v) is 5.80. The van der Waals surface area contributed by atoms with Gasteiger partial charge in [-0.05, 0) is 30.6 Å². The van der Waals surface area contributed by atoms with Crippen LogP contribution in [0.25, 0.3) is 0 Å². The lowest BCUT2D eigenvalue weighted by Crippen LogP contribution is -2.32. The van der Waals surface area contributed by atoms with E-state index in [4.69, 9.17) is 0 Å². The minimum absolute atomic E-state index is 0.597. The second kappa shape index (κ2) is 3.81. The van der Waals surface area contributed by atoms with Crippen LogP contribution in [0.4, 0.5) is 0 Å². The molecule has 2 heteroatoms. The van der Waals surface area contributed by atoms with E-state index in [1.807, 2.05) is 11.8 Å². The molecule has 66 valence electrons. The Balaban J connectivity index is 2.55. The maximum Gasteiger partial charge on any atom is 0.00187 e. The summed E-state index contributed by atoms with van der Waals surface area (Å²) in [7, 11) is 0. The van der Waals surface area contributed by atoms with Crippen molar-refractivity contribution in [2.24, 2.45) is 11.3 Å². The zero-order valence-corrected chi connectivity index (χ0v) is 8.63. The fourth-order valence-electron chi connectivity index (χ4n) is 1.83. The van der Waals surface area contributed by atoms with Crippen LogP contribution >= 0.6 is 11.8 Å². The van der Waals surface area contributed by atoms with Gasteiger partial charge in [-0.1, -0.05) is 13.8 Å². The minimum atomic E-state index is 0.597. The van der Waals surface area contributed by atoms with Gasteiger partial charge in [0.15, 0.2) is 0 Å². The van der Waals surface area contributed by atoms with Crippen molar-refractivity contribution in [1.82, 2.24) is 5.32 Å². The lowest BCUT2D eigenvalue weighted by Gasteiger charge is -2.31. The van der Waals surface area contributed by atoms with Crippen molar-refractivity contribution in [3.8, 4) is 0 Å². The van der Waals surface area contributed by atoms with Gasteiger partial charge in [0.25, 0.3) is 0 Å². The molecule has 0 aromatic rings. The Morgan fingerprint density at radius 2 is 2.27 bits per heavy atom. The van der Waals surface area contributed by atoms with Crippen LogP contribution in [0.3, 0.4) is 0 Å². The van der Waals surface area contributed by atoms with Crippen LogP contribution in [-0.4, -0.2) is 25.1 Å². The summed E-state index contributed by atoms with van der Waals surface area (Å²) in [6.45, 7) is 7.15. The summed E-state index contributed by atoms with van der Waals surface area (Å²) in [5, 5.41) is 3.47. The van der Waals surface area contributed by atoms with Crippen LogP contribution in [0.1, 0.15) is 20.3 Å². The smallest absolute Gasteiger partial charge is 0.00187 e. The van der Waals surface area contributed by atoms with Crippen molar-refractivity contribution in [1.29, 1.82) is 0 Å². The molecule has 1 aliphatic rings. The van der Waals surface area contributed by atoms with Crippen LogP contribution in [0.5, 0.6) is 0 Å². The van der Waals surface area contributed by atoms with Gasteiger partial charge >= 0.3 is 0 Å². The van der Waals surface area contributed by atoms with E-state index in [2.05, 4.69) is 25.4 Å². The Hall–Kier alpha value is 0.310. The van der Waals surface area contributed by atoms with Gasteiger partial charge in [0, 0.05) is 12.3 Å². The Labute approximate surface area is 74.3 Å². The molecule has 1 unspecified atom stereocenters. The van der Waals surface area contributed by atoms with Crippen molar-refractivity contribution in [3.05, 3.63) is 0 Å². The SMILES string of the molecule is CSCC1(C(C)C)CCNC1. The quantitative estimate of drug-likeness (QED) is 0.700. The van der Waals surface area contributed by atoms with Crippen LogP contribution in [0.2, 0.25) is 0 Å². The van der Waals surface area contributed by atoms with Gasteiger partial charge in [-0.3, -0.25) is 0 Å². The van der Waals surface area contributed by atoms with E-state index < -0.39 is 0 Å². The molecular formula is C9H19NS. The van der Waals surface area contributed by atoms with Crippen molar-refractivity contribution < 1.29 is 0 Å². The van der Waals surface area contributed by atoms with Crippen molar-refractivity contribution in [3.63, 3.8) is 0 Å². The highest BCUT2D eigenvalue weighted by atomic mass is 32.2. The monoisotopic (exact) mass is 173 g/mol. The first-order valence-electron chi connectivity index (χ1n) is 4.41. The molecule has 0 spiro atoms. The number of rotatable bonds is 3. The van der Waals surface area contributed by atoms with Crippen molar-refractivity contribution in [2.45, 2.75) is 20.3 Å². The van der Waals surface area contributed by atoms with Gasteiger partial charge in [0.2, 0.25) is 0 Å². The fourth-order valence-corrected chi connectivity index (χ4v) is 2.99. The third kappa shape index (κ3) is 1.91. The molecule has 0 aromatic heterocycles. The Bertz CT molecular complexity index is 117. The molecule has 0 saturated carbocycles. The summed E-state index contributed by atoms with van der Waals surface area (Å²) in [5.41, 5.74) is 0.597. The molecule has 1 rings (SSSR count). The van der Waals surface area contributed by atoms with Crippen LogP contribution in [0.15, 0.2) is 0 Å². The molecule has 0 radical (unpaired) electrons. The zero-order chi connectivity index (χ0) is 8.32. The summed E-state index contributed by atoms with van der Waals surface area (Å²) in [6, 6.07) is 0. The highest BCUT2D eigenvalue weighted by Crippen LogP contribution is 2.36. The fraction of sp³-hybridized carbons (Fsp3) is 1.00. The maximum atomic E-state index is 3.47. The first kappa shape index (κ1) is 9.40. The second-order valence-corrected chi connectivity index (χ2v) is 4.74. The summed E-state index contributed by atoms with van der Waals surface area (Å²) in [4.78, 5) is 0. The molecule has 0 amide bonds. The van der Waals surface area contributed by atoms with E-state index in [-0.39, 0.29) is 0 Å². The number of hydrogen-bond donors (Lipinski definition) is 1. The van der Waals surface area contributed by atoms with E-state index in [1.54, 1.807) is 0 Å². The lowest BCUT2D eigenvalue weighted by atomic mass is 9.78. The largest absolute Gasteiger partial charge is 0.316 e. The van der Waals surface area contributed by atoms with Crippen molar-refractivity contribution in [2.75, 3.05) is 25.1 Å². The van der Waals surface area contributed by atoms with E-state index in [1.165, 1.54) is 25.3 Å². The summed E-state index contributed by atoms with van der Waals surface area (Å²) in [5.74, 6) is 2.14. The number of hydrogen-bond acceptors (Lipinski definition) is 2. The summed E-state index contributed by atoms with van der Waals surface area (Å²) < 4.78 is 0. The van der Waals surface area contributed by atoms with Gasteiger partial charge in [-0.15, -0.1) is 0 Å². The van der Waals surface area contributed by atoms with Gasteiger partial charge in [-0.25, -0.2) is 0 Å². The predicted octanol–water partition coefficient (Wildman–Crippen LogP) is 1.99. The molecule has 1 nitrogen and oxygen atoms in total. The van der Waals surface area contributed by atoms with E-state index in [9.17, 15) is 0 Å². The van der Waals surface area contributed by atoms with Gasteiger partial charge in [0.05, 0.1) is 0 Å². The van der Waals surface area contributed by atoms with Crippen LogP contribution in [-0.2, 0) is 0 Å².